The van der Waals surface area contributed by atoms with Crippen LogP contribution in [0, 0.1) is 12.8 Å². The molecule has 0 aliphatic carbocycles. The first kappa shape index (κ1) is 17.8. The van der Waals surface area contributed by atoms with Crippen LogP contribution in [-0.2, 0) is 11.3 Å². The van der Waals surface area contributed by atoms with Crippen molar-refractivity contribution < 1.29 is 4.79 Å². The Hall–Kier alpha value is -0.590. The van der Waals surface area contributed by atoms with E-state index >= 15 is 0 Å². The van der Waals surface area contributed by atoms with E-state index in [-0.39, 0.29) is 0 Å². The molecule has 1 aliphatic rings. The third-order valence-electron chi connectivity index (χ3n) is 4.33. The fourth-order valence-electron chi connectivity index (χ4n) is 2.89. The van der Waals surface area contributed by atoms with Crippen LogP contribution in [0.15, 0.2) is 5.51 Å². The topological polar surface area (TPSA) is 36.4 Å². The molecular formula is C16H27N3OS2. The lowest BCUT2D eigenvalue weighted by Crippen LogP contribution is -2.32. The van der Waals surface area contributed by atoms with Crippen LogP contribution in [0.2, 0.25) is 0 Å². The number of rotatable bonds is 7. The second kappa shape index (κ2) is 8.31. The molecule has 2 heterocycles. The Labute approximate surface area is 142 Å². The number of nitrogens with zero attached hydrogens (tertiary/aromatic N) is 3. The van der Waals surface area contributed by atoms with E-state index in [2.05, 4.69) is 41.9 Å². The predicted molar refractivity (Wildman–Crippen MR) is 95.5 cm³/mol. The molecule has 6 heteroatoms. The maximum absolute atomic E-state index is 12.2. The number of aromatic nitrogens is 1. The van der Waals surface area contributed by atoms with Crippen molar-refractivity contribution in [2.75, 3.05) is 32.9 Å². The summed E-state index contributed by atoms with van der Waals surface area (Å²) >= 11 is 3.50. The molecule has 1 amide bonds. The van der Waals surface area contributed by atoms with E-state index in [0.717, 1.165) is 38.3 Å². The Morgan fingerprint density at radius 2 is 2.41 bits per heavy atom. The van der Waals surface area contributed by atoms with Gasteiger partial charge in [-0.3, -0.25) is 4.79 Å². The van der Waals surface area contributed by atoms with E-state index in [9.17, 15) is 4.79 Å². The molecule has 0 radical (unpaired) electrons. The fraction of sp³-hybridized carbons (Fsp3) is 0.750. The lowest BCUT2D eigenvalue weighted by atomic mass is 10.1. The van der Waals surface area contributed by atoms with Gasteiger partial charge in [0.1, 0.15) is 0 Å². The predicted octanol–water partition coefficient (Wildman–Crippen LogP) is 2.87. The van der Waals surface area contributed by atoms with Crippen LogP contribution < -0.4 is 0 Å². The SMILES string of the molecule is CSC(C)CC(=O)N1CCC(CN(C)Cc2scnc2C)C1. The molecule has 1 aliphatic heterocycles. The summed E-state index contributed by atoms with van der Waals surface area (Å²) in [5.41, 5.74) is 3.06. The summed E-state index contributed by atoms with van der Waals surface area (Å²) in [7, 11) is 2.17. The van der Waals surface area contributed by atoms with Crippen LogP contribution in [0.25, 0.3) is 0 Å². The van der Waals surface area contributed by atoms with Crippen LogP contribution in [0.4, 0.5) is 0 Å². The number of carbonyl (C=O) groups is 1. The smallest absolute Gasteiger partial charge is 0.223 e. The summed E-state index contributed by atoms with van der Waals surface area (Å²) in [4.78, 5) is 22.3. The van der Waals surface area contributed by atoms with Crippen LogP contribution in [-0.4, -0.2) is 58.9 Å². The Balaban J connectivity index is 1.76. The highest BCUT2D eigenvalue weighted by molar-refractivity contribution is 7.99. The van der Waals surface area contributed by atoms with Crippen molar-refractivity contribution >= 4 is 29.0 Å². The molecule has 1 aromatic heterocycles. The first-order chi connectivity index (χ1) is 10.5. The summed E-state index contributed by atoms with van der Waals surface area (Å²) in [6.07, 6.45) is 3.87. The lowest BCUT2D eigenvalue weighted by molar-refractivity contribution is -0.130. The highest BCUT2D eigenvalue weighted by Crippen LogP contribution is 2.21. The van der Waals surface area contributed by atoms with Crippen molar-refractivity contribution in [3.05, 3.63) is 16.1 Å². The highest BCUT2D eigenvalue weighted by Gasteiger charge is 2.27. The first-order valence-corrected chi connectivity index (χ1v) is 10.0. The van der Waals surface area contributed by atoms with Gasteiger partial charge in [0.25, 0.3) is 0 Å². The summed E-state index contributed by atoms with van der Waals surface area (Å²) in [6.45, 7) is 8.07. The molecule has 1 saturated heterocycles. The number of amides is 1. The zero-order valence-electron chi connectivity index (χ0n) is 14.0. The van der Waals surface area contributed by atoms with Crippen molar-refractivity contribution in [3.63, 3.8) is 0 Å². The third kappa shape index (κ3) is 4.96. The minimum atomic E-state index is 0.324. The number of carbonyl (C=O) groups excluding carboxylic acids is 1. The summed E-state index contributed by atoms with van der Waals surface area (Å²) in [6, 6.07) is 0. The summed E-state index contributed by atoms with van der Waals surface area (Å²) in [5, 5.41) is 0.420. The second-order valence-electron chi connectivity index (χ2n) is 6.30. The number of hydrogen-bond donors (Lipinski definition) is 0. The molecule has 22 heavy (non-hydrogen) atoms. The number of likely N-dealkylation sites (tertiary alicyclic amines) is 1. The second-order valence-corrected chi connectivity index (χ2v) is 8.52. The Morgan fingerprint density at radius 1 is 1.64 bits per heavy atom. The molecule has 0 N–H and O–H groups in total. The third-order valence-corrected chi connectivity index (χ3v) is 6.22. The molecule has 0 saturated carbocycles. The van der Waals surface area contributed by atoms with E-state index in [0.29, 0.717) is 23.5 Å². The monoisotopic (exact) mass is 341 g/mol. The zero-order valence-corrected chi connectivity index (χ0v) is 15.7. The fourth-order valence-corrected chi connectivity index (χ4v) is 4.06. The van der Waals surface area contributed by atoms with Crippen LogP contribution >= 0.6 is 23.1 Å². The standard InChI is InChI=1S/C16H27N3OS2/c1-12(21-4)7-16(20)19-6-5-14(9-19)8-18(3)10-15-13(2)17-11-22-15/h11-12,14H,5-10H2,1-4H3. The number of aryl methyl sites for hydroxylation is 1. The molecule has 2 atom stereocenters. The van der Waals surface area contributed by atoms with Crippen LogP contribution in [0.1, 0.15) is 30.3 Å². The Kier molecular flexibility index (Phi) is 6.71. The number of thioether (sulfide) groups is 1. The van der Waals surface area contributed by atoms with Gasteiger partial charge in [0.2, 0.25) is 5.91 Å². The minimum absolute atomic E-state index is 0.324. The Morgan fingerprint density at radius 3 is 3.05 bits per heavy atom. The van der Waals surface area contributed by atoms with Crippen molar-refractivity contribution in [3.8, 4) is 0 Å². The lowest BCUT2D eigenvalue weighted by Gasteiger charge is -2.22. The molecule has 0 aromatic carbocycles. The van der Waals surface area contributed by atoms with Gasteiger partial charge in [-0.25, -0.2) is 4.98 Å². The first-order valence-electron chi connectivity index (χ1n) is 7.87. The highest BCUT2D eigenvalue weighted by atomic mass is 32.2. The van der Waals surface area contributed by atoms with Crippen molar-refractivity contribution in [2.24, 2.45) is 5.92 Å². The molecule has 2 unspecified atom stereocenters. The molecule has 4 nitrogen and oxygen atoms in total. The normalized spacial score (nSPS) is 19.9. The van der Waals surface area contributed by atoms with Crippen LogP contribution in [0.5, 0.6) is 0 Å². The van der Waals surface area contributed by atoms with Gasteiger partial charge in [-0.15, -0.1) is 11.3 Å². The molecule has 0 spiro atoms. The van der Waals surface area contributed by atoms with Gasteiger partial charge < -0.3 is 9.80 Å². The largest absolute Gasteiger partial charge is 0.342 e. The quantitative estimate of drug-likeness (QED) is 0.764. The molecule has 1 aromatic rings. The van der Waals surface area contributed by atoms with Crippen molar-refractivity contribution in [1.82, 2.24) is 14.8 Å². The van der Waals surface area contributed by atoms with Gasteiger partial charge in [0, 0.05) is 42.7 Å². The van der Waals surface area contributed by atoms with Crippen molar-refractivity contribution in [2.45, 2.75) is 38.5 Å². The summed E-state index contributed by atoms with van der Waals surface area (Å²) < 4.78 is 0. The van der Waals surface area contributed by atoms with Gasteiger partial charge in [-0.2, -0.15) is 11.8 Å². The van der Waals surface area contributed by atoms with E-state index < -0.39 is 0 Å². The van der Waals surface area contributed by atoms with E-state index in [1.54, 1.807) is 23.1 Å². The molecular weight excluding hydrogens is 314 g/mol. The molecule has 124 valence electrons. The molecule has 2 rings (SSSR count). The number of hydrogen-bond acceptors (Lipinski definition) is 5. The molecule has 1 fully saturated rings. The van der Waals surface area contributed by atoms with Crippen LogP contribution in [0.3, 0.4) is 0 Å². The average molecular weight is 342 g/mol. The van der Waals surface area contributed by atoms with E-state index in [1.807, 2.05) is 5.51 Å². The van der Waals surface area contributed by atoms with E-state index in [1.165, 1.54) is 4.88 Å². The van der Waals surface area contributed by atoms with Gasteiger partial charge in [-0.1, -0.05) is 6.92 Å². The molecule has 0 bridgehead atoms. The van der Waals surface area contributed by atoms with Gasteiger partial charge in [-0.05, 0) is 32.6 Å². The maximum Gasteiger partial charge on any atom is 0.223 e. The maximum atomic E-state index is 12.2. The summed E-state index contributed by atoms with van der Waals surface area (Å²) in [5.74, 6) is 0.928. The average Bonchev–Trinajstić information content (AvgIpc) is 3.09. The van der Waals surface area contributed by atoms with Gasteiger partial charge in [0.05, 0.1) is 11.2 Å². The number of thiazole rings is 1. The minimum Gasteiger partial charge on any atom is -0.342 e. The van der Waals surface area contributed by atoms with Gasteiger partial charge in [0.15, 0.2) is 0 Å². The van der Waals surface area contributed by atoms with E-state index in [4.69, 9.17) is 0 Å². The Bertz CT molecular complexity index is 491. The van der Waals surface area contributed by atoms with Gasteiger partial charge >= 0.3 is 0 Å². The van der Waals surface area contributed by atoms with Crippen molar-refractivity contribution in [1.29, 1.82) is 0 Å². The zero-order chi connectivity index (χ0) is 16.1.